The summed E-state index contributed by atoms with van der Waals surface area (Å²) in [4.78, 5) is 26.0. The van der Waals surface area contributed by atoms with Crippen molar-refractivity contribution in [2.45, 2.75) is 19.3 Å². The summed E-state index contributed by atoms with van der Waals surface area (Å²) in [5.41, 5.74) is 2.89. The Bertz CT molecular complexity index is 1030. The lowest BCUT2D eigenvalue weighted by molar-refractivity contribution is -0.125. The number of benzene rings is 2. The maximum atomic E-state index is 13.1. The Hall–Kier alpha value is -3.48. The molecule has 0 saturated carbocycles. The molecule has 1 atom stereocenters. The molecule has 1 fully saturated rings. The molecule has 0 radical (unpaired) electrons. The van der Waals surface area contributed by atoms with Crippen molar-refractivity contribution in [3.8, 4) is 11.1 Å². The average Bonchev–Trinajstić information content (AvgIpc) is 2.87. The van der Waals surface area contributed by atoms with Gasteiger partial charge in [-0.2, -0.15) is 0 Å². The number of halogens is 1. The van der Waals surface area contributed by atoms with Gasteiger partial charge >= 0.3 is 0 Å². The fourth-order valence-corrected chi connectivity index (χ4v) is 4.13. The van der Waals surface area contributed by atoms with Gasteiger partial charge in [-0.1, -0.05) is 30.3 Å². The Morgan fingerprint density at radius 3 is 2.55 bits per heavy atom. The van der Waals surface area contributed by atoms with E-state index in [1.165, 1.54) is 17.8 Å². The summed E-state index contributed by atoms with van der Waals surface area (Å²) in [6.45, 7) is 3.00. The molecule has 0 spiro atoms. The number of hydrogen-bond donors (Lipinski definition) is 1. The summed E-state index contributed by atoms with van der Waals surface area (Å²) in [7, 11) is 2.07. The fourth-order valence-electron chi connectivity index (χ4n) is 4.13. The third-order valence-electron chi connectivity index (χ3n) is 6.06. The molecule has 0 unspecified atom stereocenters. The van der Waals surface area contributed by atoms with Crippen molar-refractivity contribution in [1.29, 1.82) is 0 Å². The lowest BCUT2D eigenvalue weighted by Gasteiger charge is -2.32. The zero-order valence-electron chi connectivity index (χ0n) is 19.0. The molecule has 1 aliphatic heterocycles. The van der Waals surface area contributed by atoms with Gasteiger partial charge in [0.05, 0.1) is 5.92 Å². The minimum atomic E-state index is -0.267. The van der Waals surface area contributed by atoms with Gasteiger partial charge in [0.2, 0.25) is 11.9 Å². The lowest BCUT2D eigenvalue weighted by Crippen LogP contribution is -2.44. The zero-order chi connectivity index (χ0) is 23.0. The minimum absolute atomic E-state index is 0.0639. The van der Waals surface area contributed by atoms with E-state index in [1.807, 2.05) is 18.2 Å². The third-order valence-corrected chi connectivity index (χ3v) is 6.06. The van der Waals surface area contributed by atoms with Crippen LogP contribution in [-0.4, -0.2) is 49.1 Å². The summed E-state index contributed by atoms with van der Waals surface area (Å²) in [5, 5.41) is 3.10. The molecule has 1 N–H and O–H groups in total. The second-order valence-electron chi connectivity index (χ2n) is 8.47. The SMILES string of the molecule is CN(CCCNC(=O)[C@@H]1CCCN(c2ncc(-c3ccc(F)cc3)cn2)C1)c1ccccc1. The van der Waals surface area contributed by atoms with Crippen molar-refractivity contribution < 1.29 is 9.18 Å². The van der Waals surface area contributed by atoms with Crippen LogP contribution >= 0.6 is 0 Å². The van der Waals surface area contributed by atoms with Gasteiger partial charge in [0.15, 0.2) is 0 Å². The number of hydrogen-bond acceptors (Lipinski definition) is 5. The number of carbonyl (C=O) groups is 1. The predicted octanol–water partition coefficient (Wildman–Crippen LogP) is 4.14. The number of piperidine rings is 1. The van der Waals surface area contributed by atoms with Gasteiger partial charge in [0.25, 0.3) is 0 Å². The molecule has 1 saturated heterocycles. The van der Waals surface area contributed by atoms with Crippen LogP contribution in [0.2, 0.25) is 0 Å². The Morgan fingerprint density at radius 1 is 1.09 bits per heavy atom. The van der Waals surface area contributed by atoms with Crippen molar-refractivity contribution in [2.75, 3.05) is 43.0 Å². The summed E-state index contributed by atoms with van der Waals surface area (Å²) < 4.78 is 13.1. The molecule has 172 valence electrons. The van der Waals surface area contributed by atoms with Crippen LogP contribution in [0.5, 0.6) is 0 Å². The number of nitrogens with zero attached hydrogens (tertiary/aromatic N) is 4. The van der Waals surface area contributed by atoms with Crippen molar-refractivity contribution in [2.24, 2.45) is 5.92 Å². The first-order chi connectivity index (χ1) is 16.1. The molecule has 2 heterocycles. The number of anilines is 2. The van der Waals surface area contributed by atoms with Crippen LogP contribution in [-0.2, 0) is 4.79 Å². The van der Waals surface area contributed by atoms with Crippen LogP contribution in [0.25, 0.3) is 11.1 Å². The number of nitrogens with one attached hydrogen (secondary N) is 1. The Kier molecular flexibility index (Phi) is 7.50. The molecule has 0 bridgehead atoms. The van der Waals surface area contributed by atoms with E-state index < -0.39 is 0 Å². The highest BCUT2D eigenvalue weighted by molar-refractivity contribution is 5.79. The molecular formula is C26H30FN5O. The zero-order valence-corrected chi connectivity index (χ0v) is 19.0. The summed E-state index contributed by atoms with van der Waals surface area (Å²) in [5.74, 6) is 0.399. The molecular weight excluding hydrogens is 417 g/mol. The lowest BCUT2D eigenvalue weighted by atomic mass is 9.97. The highest BCUT2D eigenvalue weighted by atomic mass is 19.1. The van der Waals surface area contributed by atoms with E-state index in [-0.39, 0.29) is 17.6 Å². The molecule has 33 heavy (non-hydrogen) atoms. The standard InChI is InChI=1S/C26H30FN5O/c1-31(24-8-3-2-4-9-24)15-6-14-28-25(33)21-7-5-16-32(19-21)26-29-17-22(18-30-26)20-10-12-23(27)13-11-20/h2-4,8-13,17-18,21H,5-7,14-16,19H2,1H3,(H,28,33)/t21-/m1/s1. The normalized spacial score (nSPS) is 15.8. The van der Waals surface area contributed by atoms with E-state index in [9.17, 15) is 9.18 Å². The monoisotopic (exact) mass is 447 g/mol. The summed E-state index contributed by atoms with van der Waals surface area (Å²) >= 11 is 0. The van der Waals surface area contributed by atoms with Crippen LogP contribution in [0.15, 0.2) is 67.0 Å². The van der Waals surface area contributed by atoms with Crippen LogP contribution in [0.3, 0.4) is 0 Å². The number of aromatic nitrogens is 2. The molecule has 3 aromatic rings. The second-order valence-corrected chi connectivity index (χ2v) is 8.47. The van der Waals surface area contributed by atoms with Crippen LogP contribution < -0.4 is 15.1 Å². The van der Waals surface area contributed by atoms with E-state index in [2.05, 4.69) is 44.3 Å². The average molecular weight is 448 g/mol. The molecule has 1 aromatic heterocycles. The molecule has 6 nitrogen and oxygen atoms in total. The first kappa shape index (κ1) is 22.7. The summed E-state index contributed by atoms with van der Waals surface area (Å²) in [6.07, 6.45) is 6.20. The van der Waals surface area contributed by atoms with Gasteiger partial charge in [-0.05, 0) is 49.1 Å². The van der Waals surface area contributed by atoms with E-state index in [0.29, 0.717) is 19.0 Å². The quantitative estimate of drug-likeness (QED) is 0.526. The summed E-state index contributed by atoms with van der Waals surface area (Å²) in [6, 6.07) is 16.5. The Balaban J connectivity index is 1.25. The third kappa shape index (κ3) is 6.06. The number of para-hydroxylation sites is 1. The largest absolute Gasteiger partial charge is 0.375 e. The van der Waals surface area contributed by atoms with Gasteiger partial charge < -0.3 is 15.1 Å². The van der Waals surface area contributed by atoms with Gasteiger partial charge in [-0.25, -0.2) is 14.4 Å². The smallest absolute Gasteiger partial charge is 0.225 e. The van der Waals surface area contributed by atoms with Gasteiger partial charge in [0, 0.05) is 56.9 Å². The minimum Gasteiger partial charge on any atom is -0.375 e. The maximum absolute atomic E-state index is 13.1. The van der Waals surface area contributed by atoms with Gasteiger partial charge in [-0.3, -0.25) is 4.79 Å². The van der Waals surface area contributed by atoms with Gasteiger partial charge in [-0.15, -0.1) is 0 Å². The van der Waals surface area contributed by atoms with Crippen molar-refractivity contribution in [1.82, 2.24) is 15.3 Å². The maximum Gasteiger partial charge on any atom is 0.225 e. The Labute approximate surface area is 194 Å². The van der Waals surface area contributed by atoms with Crippen LogP contribution in [0.1, 0.15) is 19.3 Å². The highest BCUT2D eigenvalue weighted by Crippen LogP contribution is 2.23. The first-order valence-electron chi connectivity index (χ1n) is 11.5. The highest BCUT2D eigenvalue weighted by Gasteiger charge is 2.27. The van der Waals surface area contributed by atoms with E-state index in [4.69, 9.17) is 0 Å². The number of rotatable bonds is 8. The van der Waals surface area contributed by atoms with E-state index >= 15 is 0 Å². The first-order valence-corrected chi connectivity index (χ1v) is 11.5. The van der Waals surface area contributed by atoms with Gasteiger partial charge in [0.1, 0.15) is 5.82 Å². The Morgan fingerprint density at radius 2 is 1.82 bits per heavy atom. The number of amides is 1. The topological polar surface area (TPSA) is 61.4 Å². The molecule has 4 rings (SSSR count). The van der Waals surface area contributed by atoms with Crippen molar-refractivity contribution >= 4 is 17.5 Å². The predicted molar refractivity (Wildman–Crippen MR) is 130 cm³/mol. The van der Waals surface area contributed by atoms with Crippen molar-refractivity contribution in [3.63, 3.8) is 0 Å². The van der Waals surface area contributed by atoms with E-state index in [0.717, 1.165) is 43.5 Å². The van der Waals surface area contributed by atoms with Crippen LogP contribution in [0.4, 0.5) is 16.0 Å². The molecule has 0 aliphatic carbocycles. The molecule has 2 aromatic carbocycles. The fraction of sp³-hybridized carbons (Fsp3) is 0.346. The molecule has 7 heteroatoms. The van der Waals surface area contributed by atoms with Crippen LogP contribution in [0, 0.1) is 11.7 Å². The molecule has 1 aliphatic rings. The number of carbonyl (C=O) groups excluding carboxylic acids is 1. The van der Waals surface area contributed by atoms with E-state index in [1.54, 1.807) is 24.5 Å². The van der Waals surface area contributed by atoms with Crippen molar-refractivity contribution in [3.05, 3.63) is 72.8 Å². The molecule has 1 amide bonds. The second kappa shape index (κ2) is 10.9.